The Morgan fingerprint density at radius 3 is 2.62 bits per heavy atom. The third-order valence-corrected chi connectivity index (χ3v) is 5.46. The summed E-state index contributed by atoms with van der Waals surface area (Å²) >= 11 is 0. The molecule has 0 bridgehead atoms. The highest BCUT2D eigenvalue weighted by Crippen LogP contribution is 2.43. The van der Waals surface area contributed by atoms with E-state index in [9.17, 15) is 4.79 Å². The Bertz CT molecular complexity index is 718. The topological polar surface area (TPSA) is 54.3 Å². The van der Waals surface area contributed by atoms with Gasteiger partial charge >= 0.3 is 0 Å². The highest BCUT2D eigenvalue weighted by Gasteiger charge is 2.48. The summed E-state index contributed by atoms with van der Waals surface area (Å²) < 4.78 is 1.75. The van der Waals surface area contributed by atoms with E-state index in [1.807, 2.05) is 30.4 Å². The van der Waals surface area contributed by atoms with E-state index in [0.717, 1.165) is 51.1 Å². The molecule has 0 N–H and O–H groups in total. The first-order chi connectivity index (χ1) is 11.7. The molecule has 24 heavy (non-hydrogen) atoms. The molecule has 4 rings (SSSR count). The second-order valence-corrected chi connectivity index (χ2v) is 7.00. The molecule has 2 aromatic heterocycles. The zero-order chi connectivity index (χ0) is 16.6. The van der Waals surface area contributed by atoms with Gasteiger partial charge in [-0.2, -0.15) is 5.10 Å². The zero-order valence-corrected chi connectivity index (χ0v) is 14.1. The molecular weight excluding hydrogens is 302 g/mol. The quantitative estimate of drug-likeness (QED) is 0.864. The van der Waals surface area contributed by atoms with Gasteiger partial charge in [0, 0.05) is 38.7 Å². The van der Waals surface area contributed by atoms with Gasteiger partial charge in [-0.1, -0.05) is 6.07 Å². The summed E-state index contributed by atoms with van der Waals surface area (Å²) in [5.41, 5.74) is 2.00. The van der Waals surface area contributed by atoms with Gasteiger partial charge in [-0.25, -0.2) is 0 Å². The fourth-order valence-electron chi connectivity index (χ4n) is 3.97. The smallest absolute Gasteiger partial charge is 0.233 e. The molecule has 1 amide bonds. The van der Waals surface area contributed by atoms with Crippen molar-refractivity contribution in [2.75, 3.05) is 24.5 Å². The van der Waals surface area contributed by atoms with Crippen LogP contribution in [0, 0.1) is 5.41 Å². The van der Waals surface area contributed by atoms with Crippen molar-refractivity contribution in [3.8, 4) is 0 Å². The third kappa shape index (κ3) is 2.71. The van der Waals surface area contributed by atoms with Crippen molar-refractivity contribution < 1.29 is 4.79 Å². The van der Waals surface area contributed by atoms with Gasteiger partial charge in [0.2, 0.25) is 5.91 Å². The highest BCUT2D eigenvalue weighted by molar-refractivity contribution is 5.99. The number of hydrogen-bond acceptors (Lipinski definition) is 4. The first-order valence-electron chi connectivity index (χ1n) is 8.58. The van der Waals surface area contributed by atoms with Gasteiger partial charge in [0.05, 0.1) is 17.3 Å². The summed E-state index contributed by atoms with van der Waals surface area (Å²) in [5.74, 6) is 0.288. The van der Waals surface area contributed by atoms with E-state index in [1.165, 1.54) is 5.56 Å². The van der Waals surface area contributed by atoms with Gasteiger partial charge in [-0.3, -0.25) is 19.4 Å². The number of pyridine rings is 1. The van der Waals surface area contributed by atoms with Crippen molar-refractivity contribution in [3.05, 3.63) is 42.5 Å². The summed E-state index contributed by atoms with van der Waals surface area (Å²) in [5, 5.41) is 4.20. The predicted molar refractivity (Wildman–Crippen MR) is 91.4 cm³/mol. The summed E-state index contributed by atoms with van der Waals surface area (Å²) in [6, 6.07) is 4.09. The predicted octanol–water partition coefficient (Wildman–Crippen LogP) is 1.83. The van der Waals surface area contributed by atoms with Crippen LogP contribution in [0.25, 0.3) is 0 Å². The molecule has 2 fully saturated rings. The Kier molecular flexibility index (Phi) is 3.84. The van der Waals surface area contributed by atoms with Gasteiger partial charge in [-0.05, 0) is 44.0 Å². The van der Waals surface area contributed by atoms with Crippen LogP contribution in [0.2, 0.25) is 0 Å². The van der Waals surface area contributed by atoms with Crippen LogP contribution in [0.3, 0.4) is 0 Å². The molecule has 2 aromatic rings. The second-order valence-electron chi connectivity index (χ2n) is 7.00. The number of amides is 1. The van der Waals surface area contributed by atoms with Gasteiger partial charge < -0.3 is 4.90 Å². The molecule has 2 aliphatic heterocycles. The molecule has 0 radical (unpaired) electrons. The number of piperidine rings is 1. The number of nitrogens with zero attached hydrogens (tertiary/aromatic N) is 5. The summed E-state index contributed by atoms with van der Waals surface area (Å²) in [7, 11) is 1.89. The minimum atomic E-state index is -0.165. The van der Waals surface area contributed by atoms with E-state index < -0.39 is 0 Å². The normalized spacial score (nSPS) is 20.9. The van der Waals surface area contributed by atoms with Crippen LogP contribution in [0.4, 0.5) is 5.69 Å². The van der Waals surface area contributed by atoms with Crippen LogP contribution in [0.5, 0.6) is 0 Å². The Labute approximate surface area is 142 Å². The third-order valence-electron chi connectivity index (χ3n) is 5.46. The lowest BCUT2D eigenvalue weighted by atomic mass is 9.77. The molecule has 0 aromatic carbocycles. The van der Waals surface area contributed by atoms with E-state index in [4.69, 9.17) is 0 Å². The molecular formula is C18H23N5O. The molecule has 2 aliphatic rings. The maximum Gasteiger partial charge on any atom is 0.233 e. The Morgan fingerprint density at radius 2 is 1.96 bits per heavy atom. The van der Waals surface area contributed by atoms with Crippen LogP contribution in [0.1, 0.15) is 24.8 Å². The van der Waals surface area contributed by atoms with E-state index in [-0.39, 0.29) is 11.3 Å². The molecule has 0 saturated carbocycles. The molecule has 6 heteroatoms. The van der Waals surface area contributed by atoms with Crippen molar-refractivity contribution in [1.82, 2.24) is 19.7 Å². The fraction of sp³-hybridized carbons (Fsp3) is 0.500. The lowest BCUT2D eigenvalue weighted by molar-refractivity contribution is -0.128. The SMILES string of the molecule is Cn1cc(N2CCC3(CCN(Cc4cccnc4)CC3)C2=O)cn1. The van der Waals surface area contributed by atoms with Crippen LogP contribution in [-0.2, 0) is 18.4 Å². The standard InChI is InChI=1S/C18H23N5O/c1-21-14-16(12-20-21)23-10-6-18(17(23)24)4-8-22(9-5-18)13-15-3-2-7-19-11-15/h2-3,7,11-12,14H,4-6,8-10,13H2,1H3. The monoisotopic (exact) mass is 325 g/mol. The highest BCUT2D eigenvalue weighted by atomic mass is 16.2. The first kappa shape index (κ1) is 15.3. The minimum Gasteiger partial charge on any atom is -0.309 e. The molecule has 2 saturated heterocycles. The van der Waals surface area contributed by atoms with E-state index in [1.54, 1.807) is 17.1 Å². The van der Waals surface area contributed by atoms with Gasteiger partial charge in [0.15, 0.2) is 0 Å². The molecule has 6 nitrogen and oxygen atoms in total. The van der Waals surface area contributed by atoms with Crippen LogP contribution < -0.4 is 4.90 Å². The Hall–Kier alpha value is -2.21. The molecule has 1 spiro atoms. The molecule has 0 unspecified atom stereocenters. The van der Waals surface area contributed by atoms with Gasteiger partial charge in [0.25, 0.3) is 0 Å². The number of carbonyl (C=O) groups is 1. The number of hydrogen-bond donors (Lipinski definition) is 0. The van der Waals surface area contributed by atoms with Crippen molar-refractivity contribution in [2.24, 2.45) is 12.5 Å². The summed E-state index contributed by atoms with van der Waals surface area (Å²) in [6.07, 6.45) is 10.3. The van der Waals surface area contributed by atoms with Crippen LogP contribution in [-0.4, -0.2) is 45.2 Å². The van der Waals surface area contributed by atoms with E-state index >= 15 is 0 Å². The van der Waals surface area contributed by atoms with E-state index in [0.29, 0.717) is 0 Å². The van der Waals surface area contributed by atoms with Gasteiger partial charge in [-0.15, -0.1) is 0 Å². The van der Waals surface area contributed by atoms with Crippen molar-refractivity contribution >= 4 is 11.6 Å². The summed E-state index contributed by atoms with van der Waals surface area (Å²) in [6.45, 7) is 3.68. The largest absolute Gasteiger partial charge is 0.309 e. The van der Waals surface area contributed by atoms with Crippen LogP contribution >= 0.6 is 0 Å². The number of anilines is 1. The Morgan fingerprint density at radius 1 is 1.17 bits per heavy atom. The average Bonchev–Trinajstić information content (AvgIpc) is 3.16. The van der Waals surface area contributed by atoms with Crippen molar-refractivity contribution in [1.29, 1.82) is 0 Å². The van der Waals surface area contributed by atoms with Crippen molar-refractivity contribution in [2.45, 2.75) is 25.8 Å². The fourth-order valence-corrected chi connectivity index (χ4v) is 3.97. The number of carbonyl (C=O) groups excluding carboxylic acids is 1. The molecule has 126 valence electrons. The van der Waals surface area contributed by atoms with E-state index in [2.05, 4.69) is 21.0 Å². The number of aromatic nitrogens is 3. The van der Waals surface area contributed by atoms with Crippen molar-refractivity contribution in [3.63, 3.8) is 0 Å². The second kappa shape index (κ2) is 6.02. The molecule has 0 aliphatic carbocycles. The maximum atomic E-state index is 13.0. The summed E-state index contributed by atoms with van der Waals surface area (Å²) in [4.78, 5) is 21.6. The van der Waals surface area contributed by atoms with Crippen LogP contribution in [0.15, 0.2) is 36.9 Å². The minimum absolute atomic E-state index is 0.165. The maximum absolute atomic E-state index is 13.0. The zero-order valence-electron chi connectivity index (χ0n) is 14.1. The average molecular weight is 325 g/mol. The number of rotatable bonds is 3. The Balaban J connectivity index is 1.40. The lowest BCUT2D eigenvalue weighted by Gasteiger charge is -2.37. The number of likely N-dealkylation sites (tertiary alicyclic amines) is 1. The number of aryl methyl sites for hydroxylation is 1. The first-order valence-corrected chi connectivity index (χ1v) is 8.58. The lowest BCUT2D eigenvalue weighted by Crippen LogP contribution is -2.44. The van der Waals surface area contributed by atoms with Gasteiger partial charge in [0.1, 0.15) is 0 Å². The molecule has 0 atom stereocenters. The molecule has 4 heterocycles.